The van der Waals surface area contributed by atoms with E-state index in [0.29, 0.717) is 28.7 Å². The average molecular weight is 397 g/mol. The highest BCUT2D eigenvalue weighted by Gasteiger charge is 2.29. The Hall–Kier alpha value is -2.73. The number of carbonyl (C=O) groups is 1. The molecule has 1 aromatic carbocycles. The maximum absolute atomic E-state index is 13.0. The third-order valence-corrected chi connectivity index (χ3v) is 5.23. The summed E-state index contributed by atoms with van der Waals surface area (Å²) >= 11 is 6.06. The lowest BCUT2D eigenvalue weighted by molar-refractivity contribution is 0.0706. The number of benzene rings is 1. The lowest BCUT2D eigenvalue weighted by Crippen LogP contribution is -2.39. The Morgan fingerprint density at radius 2 is 2.14 bits per heavy atom. The molecule has 0 saturated carbocycles. The van der Waals surface area contributed by atoms with Gasteiger partial charge in [-0.25, -0.2) is 9.97 Å². The molecule has 1 fully saturated rings. The molecular weight excluding hydrogens is 376 g/mol. The van der Waals surface area contributed by atoms with Crippen LogP contribution in [0.2, 0.25) is 5.02 Å². The van der Waals surface area contributed by atoms with Crippen molar-refractivity contribution in [2.75, 3.05) is 13.1 Å². The van der Waals surface area contributed by atoms with E-state index < -0.39 is 0 Å². The van der Waals surface area contributed by atoms with Gasteiger partial charge in [0.2, 0.25) is 0 Å². The first-order valence-corrected chi connectivity index (χ1v) is 9.71. The fourth-order valence-electron chi connectivity index (χ4n) is 3.67. The molecule has 7 heteroatoms. The summed E-state index contributed by atoms with van der Waals surface area (Å²) in [5.74, 6) is 1.47. The summed E-state index contributed by atoms with van der Waals surface area (Å²) in [5, 5.41) is 4.55. The van der Waals surface area contributed by atoms with Gasteiger partial charge >= 0.3 is 0 Å². The first-order chi connectivity index (χ1) is 13.5. The highest BCUT2D eigenvalue weighted by atomic mass is 35.5. The van der Waals surface area contributed by atoms with E-state index in [0.717, 1.165) is 36.3 Å². The molecule has 1 aliphatic heterocycles. The molecule has 3 aromatic rings. The van der Waals surface area contributed by atoms with E-state index in [1.165, 1.54) is 0 Å². The van der Waals surface area contributed by atoms with Crippen molar-refractivity contribution in [2.24, 2.45) is 0 Å². The van der Waals surface area contributed by atoms with Gasteiger partial charge in [0.25, 0.3) is 5.91 Å². The minimum atomic E-state index is -0.00459. The van der Waals surface area contributed by atoms with Gasteiger partial charge in [-0.3, -0.25) is 4.79 Å². The predicted molar refractivity (Wildman–Crippen MR) is 106 cm³/mol. The van der Waals surface area contributed by atoms with Gasteiger partial charge in [-0.2, -0.15) is 0 Å². The summed E-state index contributed by atoms with van der Waals surface area (Å²) in [6.07, 6.45) is 3.65. The van der Waals surface area contributed by atoms with Crippen molar-refractivity contribution < 1.29 is 9.32 Å². The van der Waals surface area contributed by atoms with Crippen LogP contribution < -0.4 is 0 Å². The number of hydrogen-bond donors (Lipinski definition) is 0. The molecule has 28 heavy (non-hydrogen) atoms. The van der Waals surface area contributed by atoms with Crippen LogP contribution in [-0.4, -0.2) is 39.0 Å². The number of likely N-dealkylation sites (tertiary alicyclic amines) is 1. The molecular formula is C21H21ClN4O2. The van der Waals surface area contributed by atoms with Crippen molar-refractivity contribution in [3.63, 3.8) is 0 Å². The first kappa shape index (κ1) is 18.6. The van der Waals surface area contributed by atoms with Crippen molar-refractivity contribution in [1.82, 2.24) is 20.0 Å². The number of nitrogens with zero attached hydrogens (tertiary/aromatic N) is 4. The number of rotatable bonds is 3. The molecule has 1 atom stereocenters. The van der Waals surface area contributed by atoms with Crippen LogP contribution in [0.25, 0.3) is 11.3 Å². The topological polar surface area (TPSA) is 72.1 Å². The van der Waals surface area contributed by atoms with Gasteiger partial charge in [-0.1, -0.05) is 22.8 Å². The van der Waals surface area contributed by atoms with Crippen LogP contribution in [0.3, 0.4) is 0 Å². The Kier molecular flexibility index (Phi) is 5.13. The standard InChI is InChI=1S/C21H21ClN4O2/c1-13-9-19(28-25-13)18-11-23-14(2)24-20(18)16-6-4-8-26(12-16)21(27)15-5-3-7-17(22)10-15/h3,5,7,9-11,16H,4,6,8,12H2,1-2H3/t16-/m0/s1. The predicted octanol–water partition coefficient (Wildman–Crippen LogP) is 4.42. The van der Waals surface area contributed by atoms with E-state index >= 15 is 0 Å². The largest absolute Gasteiger partial charge is 0.356 e. The number of aryl methyl sites for hydroxylation is 2. The summed E-state index contributed by atoms with van der Waals surface area (Å²) in [5.41, 5.74) is 3.17. The number of carbonyl (C=O) groups excluding carboxylic acids is 1. The van der Waals surface area contributed by atoms with Crippen molar-refractivity contribution >= 4 is 17.5 Å². The molecule has 0 unspecified atom stereocenters. The van der Waals surface area contributed by atoms with E-state index in [1.807, 2.05) is 24.8 Å². The van der Waals surface area contributed by atoms with Gasteiger partial charge in [0, 0.05) is 41.9 Å². The van der Waals surface area contributed by atoms with Crippen LogP contribution in [0.15, 0.2) is 41.1 Å². The Morgan fingerprint density at radius 1 is 1.29 bits per heavy atom. The van der Waals surface area contributed by atoms with Crippen molar-refractivity contribution in [3.05, 3.63) is 64.3 Å². The fourth-order valence-corrected chi connectivity index (χ4v) is 3.86. The van der Waals surface area contributed by atoms with Crippen LogP contribution in [0.5, 0.6) is 0 Å². The molecule has 144 valence electrons. The number of amides is 1. The summed E-state index contributed by atoms with van der Waals surface area (Å²) < 4.78 is 5.45. The minimum Gasteiger partial charge on any atom is -0.356 e. The number of hydrogen-bond acceptors (Lipinski definition) is 5. The Morgan fingerprint density at radius 3 is 2.89 bits per heavy atom. The maximum Gasteiger partial charge on any atom is 0.253 e. The highest BCUT2D eigenvalue weighted by Crippen LogP contribution is 2.33. The van der Waals surface area contributed by atoms with Crippen LogP contribution in [0.4, 0.5) is 0 Å². The van der Waals surface area contributed by atoms with E-state index in [-0.39, 0.29) is 11.8 Å². The monoisotopic (exact) mass is 396 g/mol. The van der Waals surface area contributed by atoms with Crippen LogP contribution in [0, 0.1) is 13.8 Å². The normalized spacial score (nSPS) is 17.0. The first-order valence-electron chi connectivity index (χ1n) is 9.33. The third kappa shape index (κ3) is 3.78. The molecule has 6 nitrogen and oxygen atoms in total. The second-order valence-electron chi connectivity index (χ2n) is 7.15. The van der Waals surface area contributed by atoms with Gasteiger partial charge in [-0.15, -0.1) is 0 Å². The SMILES string of the molecule is Cc1cc(-c2cnc(C)nc2[C@H]2CCCN(C(=O)c3cccc(Cl)c3)C2)on1. The van der Waals surface area contributed by atoms with Gasteiger partial charge < -0.3 is 9.42 Å². The molecule has 1 aliphatic rings. The average Bonchev–Trinajstić information content (AvgIpc) is 3.13. The fraction of sp³-hybridized carbons (Fsp3) is 0.333. The Bertz CT molecular complexity index is 1020. The van der Waals surface area contributed by atoms with Gasteiger partial charge in [0.05, 0.1) is 17.0 Å². The van der Waals surface area contributed by atoms with Crippen molar-refractivity contribution in [3.8, 4) is 11.3 Å². The smallest absolute Gasteiger partial charge is 0.253 e. The Balaban J connectivity index is 1.63. The van der Waals surface area contributed by atoms with Crippen molar-refractivity contribution in [2.45, 2.75) is 32.6 Å². The molecule has 1 amide bonds. The molecule has 0 aliphatic carbocycles. The van der Waals surface area contributed by atoms with Crippen LogP contribution in [-0.2, 0) is 0 Å². The summed E-state index contributed by atoms with van der Waals surface area (Å²) in [7, 11) is 0. The third-order valence-electron chi connectivity index (χ3n) is 5.00. The second-order valence-corrected chi connectivity index (χ2v) is 7.59. The van der Waals surface area contributed by atoms with E-state index in [4.69, 9.17) is 21.1 Å². The zero-order chi connectivity index (χ0) is 19.7. The van der Waals surface area contributed by atoms with Gasteiger partial charge in [0.15, 0.2) is 5.76 Å². The summed E-state index contributed by atoms with van der Waals surface area (Å²) in [4.78, 5) is 23.9. The van der Waals surface area contributed by atoms with Crippen molar-refractivity contribution in [1.29, 1.82) is 0 Å². The second kappa shape index (κ2) is 7.72. The zero-order valence-corrected chi connectivity index (χ0v) is 16.6. The minimum absolute atomic E-state index is 0.00459. The van der Waals surface area contributed by atoms with E-state index in [1.54, 1.807) is 30.5 Å². The molecule has 0 bridgehead atoms. The lowest BCUT2D eigenvalue weighted by atomic mass is 9.91. The Labute approximate surface area is 168 Å². The number of piperidine rings is 1. The lowest BCUT2D eigenvalue weighted by Gasteiger charge is -2.33. The molecule has 2 aromatic heterocycles. The molecule has 3 heterocycles. The van der Waals surface area contributed by atoms with Crippen LogP contribution >= 0.6 is 11.6 Å². The molecule has 0 N–H and O–H groups in total. The van der Waals surface area contributed by atoms with Gasteiger partial charge in [0.1, 0.15) is 5.82 Å². The number of aromatic nitrogens is 3. The van der Waals surface area contributed by atoms with Gasteiger partial charge in [-0.05, 0) is 44.9 Å². The zero-order valence-electron chi connectivity index (χ0n) is 15.9. The van der Waals surface area contributed by atoms with E-state index in [2.05, 4.69) is 10.1 Å². The van der Waals surface area contributed by atoms with E-state index in [9.17, 15) is 4.79 Å². The maximum atomic E-state index is 13.0. The summed E-state index contributed by atoms with van der Waals surface area (Å²) in [6, 6.07) is 8.97. The number of halogens is 1. The quantitative estimate of drug-likeness (QED) is 0.655. The molecule has 1 saturated heterocycles. The highest BCUT2D eigenvalue weighted by molar-refractivity contribution is 6.30. The molecule has 0 radical (unpaired) electrons. The summed E-state index contributed by atoms with van der Waals surface area (Å²) in [6.45, 7) is 5.08. The van der Waals surface area contributed by atoms with Crippen LogP contribution in [0.1, 0.15) is 46.3 Å². The molecule has 0 spiro atoms. The molecule has 4 rings (SSSR count).